The fourth-order valence-corrected chi connectivity index (χ4v) is 1.98. The van der Waals surface area contributed by atoms with Crippen molar-refractivity contribution in [2.75, 3.05) is 6.54 Å². The number of nitrogens with one attached hydrogen (secondary N) is 1. The summed E-state index contributed by atoms with van der Waals surface area (Å²) < 4.78 is 50.8. The second-order valence-electron chi connectivity index (χ2n) is 5.08. The van der Waals surface area contributed by atoms with Gasteiger partial charge in [-0.1, -0.05) is 20.3 Å². The number of halogens is 4. The minimum absolute atomic E-state index is 0.262. The van der Waals surface area contributed by atoms with Gasteiger partial charge in [0.1, 0.15) is 12.1 Å². The van der Waals surface area contributed by atoms with Gasteiger partial charge in [0.2, 0.25) is 11.8 Å². The maximum absolute atomic E-state index is 13.1. The highest BCUT2D eigenvalue weighted by Gasteiger charge is 2.48. The number of amides is 2. The molecule has 3 atom stereocenters. The van der Waals surface area contributed by atoms with Crippen LogP contribution in [0.4, 0.5) is 17.6 Å². The molecule has 0 aromatic carbocycles. The number of carbonyl (C=O) groups excluding carboxylic acids is 2. The Labute approximate surface area is 114 Å². The smallest absolute Gasteiger partial charge is 0.324 e. The third-order valence-corrected chi connectivity index (χ3v) is 3.61. The van der Waals surface area contributed by atoms with Crippen LogP contribution in [0.3, 0.4) is 0 Å². The summed E-state index contributed by atoms with van der Waals surface area (Å²) in [6.07, 6.45) is -3.33. The monoisotopic (exact) mass is 298 g/mol. The molecule has 3 unspecified atom stereocenters. The summed E-state index contributed by atoms with van der Waals surface area (Å²) in [6.45, 7) is 3.25. The molecule has 1 aliphatic rings. The second-order valence-corrected chi connectivity index (χ2v) is 5.08. The van der Waals surface area contributed by atoms with Gasteiger partial charge in [-0.25, -0.2) is 8.78 Å². The normalized spacial score (nSPS) is 25.9. The highest BCUT2D eigenvalue weighted by atomic mass is 19.3. The van der Waals surface area contributed by atoms with Gasteiger partial charge in [-0.05, 0) is 12.8 Å². The summed E-state index contributed by atoms with van der Waals surface area (Å²) in [6, 6.07) is -2.13. The van der Waals surface area contributed by atoms with Crippen molar-refractivity contribution in [1.29, 1.82) is 0 Å². The molecule has 1 saturated heterocycles. The molecule has 0 radical (unpaired) electrons. The zero-order valence-electron chi connectivity index (χ0n) is 11.5. The lowest BCUT2D eigenvalue weighted by molar-refractivity contribution is -0.170. The molecule has 1 aliphatic heterocycles. The fourth-order valence-electron chi connectivity index (χ4n) is 1.98. The third kappa shape index (κ3) is 3.21. The molecule has 0 aromatic heterocycles. The predicted octanol–water partition coefficient (Wildman–Crippen LogP) is 1.65. The highest BCUT2D eigenvalue weighted by molar-refractivity contribution is 5.96. The first-order valence-corrected chi connectivity index (χ1v) is 6.38. The van der Waals surface area contributed by atoms with E-state index in [9.17, 15) is 27.2 Å². The van der Waals surface area contributed by atoms with Crippen LogP contribution in [-0.4, -0.2) is 47.7 Å². The van der Waals surface area contributed by atoms with E-state index in [1.807, 2.05) is 0 Å². The van der Waals surface area contributed by atoms with E-state index >= 15 is 0 Å². The van der Waals surface area contributed by atoms with E-state index < -0.39 is 42.8 Å². The van der Waals surface area contributed by atoms with E-state index in [0.717, 1.165) is 0 Å². The summed E-state index contributed by atoms with van der Waals surface area (Å²) in [5.74, 6) is -5.95. The van der Waals surface area contributed by atoms with Crippen LogP contribution >= 0.6 is 0 Å². The van der Waals surface area contributed by atoms with Crippen LogP contribution < -0.4 is 5.32 Å². The van der Waals surface area contributed by atoms with Crippen molar-refractivity contribution in [2.45, 2.75) is 51.6 Å². The van der Waals surface area contributed by atoms with Gasteiger partial charge in [0.05, 0.1) is 6.54 Å². The van der Waals surface area contributed by atoms with E-state index in [4.69, 9.17) is 0 Å². The Morgan fingerprint density at radius 2 is 1.90 bits per heavy atom. The Hall–Kier alpha value is -1.34. The van der Waals surface area contributed by atoms with Crippen LogP contribution in [0.15, 0.2) is 0 Å². The Bertz CT molecular complexity index is 390. The average Bonchev–Trinajstić information content (AvgIpc) is 2.37. The molecule has 0 aromatic rings. The fraction of sp³-hybridized carbons (Fsp3) is 0.833. The van der Waals surface area contributed by atoms with Crippen molar-refractivity contribution in [3.05, 3.63) is 0 Å². The molecule has 20 heavy (non-hydrogen) atoms. The third-order valence-electron chi connectivity index (χ3n) is 3.61. The maximum atomic E-state index is 13.1. The van der Waals surface area contributed by atoms with Crippen molar-refractivity contribution in [1.82, 2.24) is 10.2 Å². The van der Waals surface area contributed by atoms with Crippen molar-refractivity contribution in [2.24, 2.45) is 5.92 Å². The van der Waals surface area contributed by atoms with E-state index in [2.05, 4.69) is 5.32 Å². The first-order chi connectivity index (χ1) is 9.11. The minimum atomic E-state index is -4.33. The van der Waals surface area contributed by atoms with E-state index in [0.29, 0.717) is 11.3 Å². The molecule has 1 fully saturated rings. The molecular weight excluding hydrogens is 280 g/mol. The van der Waals surface area contributed by atoms with E-state index in [-0.39, 0.29) is 5.92 Å². The van der Waals surface area contributed by atoms with Crippen molar-refractivity contribution in [3.8, 4) is 0 Å². The molecule has 8 heteroatoms. The largest absolute Gasteiger partial charge is 0.342 e. The first-order valence-electron chi connectivity index (χ1n) is 6.38. The number of alkyl halides is 4. The van der Waals surface area contributed by atoms with Crippen LogP contribution in [0.25, 0.3) is 0 Å². The quantitative estimate of drug-likeness (QED) is 0.785. The lowest BCUT2D eigenvalue weighted by atomic mass is 9.94. The Balaban J connectivity index is 2.97. The lowest BCUT2D eigenvalue weighted by Gasteiger charge is -2.40. The Morgan fingerprint density at radius 3 is 2.35 bits per heavy atom. The average molecular weight is 298 g/mol. The molecular formula is C12H18F4N2O2. The Kier molecular flexibility index (Phi) is 4.99. The maximum Gasteiger partial charge on any atom is 0.324 e. The van der Waals surface area contributed by atoms with Crippen molar-refractivity contribution in [3.63, 3.8) is 0 Å². The van der Waals surface area contributed by atoms with Crippen molar-refractivity contribution < 1.29 is 27.2 Å². The number of nitrogens with zero attached hydrogens (tertiary/aromatic N) is 1. The van der Waals surface area contributed by atoms with Crippen LogP contribution in [0, 0.1) is 5.92 Å². The highest BCUT2D eigenvalue weighted by Crippen LogP contribution is 2.27. The number of piperazine rings is 1. The van der Waals surface area contributed by atoms with Crippen LogP contribution in [0.5, 0.6) is 0 Å². The molecule has 2 amide bonds. The molecule has 0 bridgehead atoms. The number of rotatable bonds is 5. The Morgan fingerprint density at radius 1 is 1.35 bits per heavy atom. The molecule has 116 valence electrons. The number of carbonyl (C=O) groups is 2. The lowest BCUT2D eigenvalue weighted by Crippen LogP contribution is -2.66. The van der Waals surface area contributed by atoms with Crippen molar-refractivity contribution >= 4 is 11.8 Å². The summed E-state index contributed by atoms with van der Waals surface area (Å²) in [4.78, 5) is 24.4. The summed E-state index contributed by atoms with van der Waals surface area (Å²) in [7, 11) is 0. The van der Waals surface area contributed by atoms with Crippen LogP contribution in [0.2, 0.25) is 0 Å². The van der Waals surface area contributed by atoms with E-state index in [1.165, 1.54) is 6.92 Å². The first kappa shape index (κ1) is 16.7. The van der Waals surface area contributed by atoms with Gasteiger partial charge >= 0.3 is 12.3 Å². The van der Waals surface area contributed by atoms with Gasteiger partial charge < -0.3 is 10.2 Å². The minimum Gasteiger partial charge on any atom is -0.342 e. The van der Waals surface area contributed by atoms with Gasteiger partial charge in [0.25, 0.3) is 0 Å². The van der Waals surface area contributed by atoms with Crippen LogP contribution in [-0.2, 0) is 9.59 Å². The molecule has 1 N–H and O–H groups in total. The number of hydrogen-bond acceptors (Lipinski definition) is 2. The molecule has 4 nitrogen and oxygen atoms in total. The zero-order chi connectivity index (χ0) is 15.7. The molecule has 1 heterocycles. The van der Waals surface area contributed by atoms with Gasteiger partial charge in [-0.2, -0.15) is 8.78 Å². The van der Waals surface area contributed by atoms with Gasteiger partial charge in [-0.3, -0.25) is 9.59 Å². The van der Waals surface area contributed by atoms with Crippen LogP contribution in [0.1, 0.15) is 27.2 Å². The predicted molar refractivity (Wildman–Crippen MR) is 63.5 cm³/mol. The molecule has 0 spiro atoms. The molecule has 1 rings (SSSR count). The standard InChI is InChI=1S/C12H18F4N2O2/c1-4-6(2)8-10(20)18(7(3)9(19)17-8)5-12(15,16)11(13)14/h6-8,11H,4-5H2,1-3H3,(H,17,19). The summed E-state index contributed by atoms with van der Waals surface area (Å²) >= 11 is 0. The second kappa shape index (κ2) is 5.97. The molecule has 0 aliphatic carbocycles. The van der Waals surface area contributed by atoms with Gasteiger partial charge in [0.15, 0.2) is 0 Å². The number of hydrogen-bond donors (Lipinski definition) is 1. The summed E-state index contributed by atoms with van der Waals surface area (Å²) in [5.41, 5.74) is 0. The van der Waals surface area contributed by atoms with E-state index in [1.54, 1.807) is 13.8 Å². The SMILES string of the molecule is CCC(C)C1NC(=O)C(C)N(CC(F)(F)C(F)F)C1=O. The summed E-state index contributed by atoms with van der Waals surface area (Å²) in [5, 5.41) is 2.45. The van der Waals surface area contributed by atoms with Gasteiger partial charge in [0, 0.05) is 0 Å². The molecule has 0 saturated carbocycles. The topological polar surface area (TPSA) is 49.4 Å². The zero-order valence-corrected chi connectivity index (χ0v) is 11.5. The van der Waals surface area contributed by atoms with Gasteiger partial charge in [-0.15, -0.1) is 0 Å².